The highest BCUT2D eigenvalue weighted by Gasteiger charge is 2.12. The van der Waals surface area contributed by atoms with Crippen molar-refractivity contribution in [2.75, 3.05) is 11.9 Å². The van der Waals surface area contributed by atoms with Gasteiger partial charge in [-0.15, -0.1) is 0 Å². The Morgan fingerprint density at radius 3 is 2.25 bits per heavy atom. The van der Waals surface area contributed by atoms with E-state index >= 15 is 0 Å². The number of carbonyl (C=O) groups is 1. The molecule has 3 nitrogen and oxygen atoms in total. The first-order chi connectivity index (χ1) is 9.81. The van der Waals surface area contributed by atoms with Crippen molar-refractivity contribution in [1.82, 2.24) is 0 Å². The maximum Gasteiger partial charge on any atom is 0.340 e. The molecule has 0 atom stereocenters. The van der Waals surface area contributed by atoms with Crippen molar-refractivity contribution in [2.45, 2.75) is 6.92 Å². The van der Waals surface area contributed by atoms with E-state index in [4.69, 9.17) is 4.74 Å². The molecule has 0 aliphatic carbocycles. The van der Waals surface area contributed by atoms with Crippen molar-refractivity contribution in [2.24, 2.45) is 0 Å². The molecule has 102 valence electrons. The lowest BCUT2D eigenvalue weighted by Gasteiger charge is -2.08. The minimum Gasteiger partial charge on any atom is -0.462 e. The SMILES string of the molecule is CCOC(=O)/C(=C\Nc1ccccc1)c1ccccc1. The first kappa shape index (κ1) is 13.9. The Morgan fingerprint density at radius 2 is 1.65 bits per heavy atom. The second kappa shape index (κ2) is 7.14. The number of rotatable bonds is 5. The predicted molar refractivity (Wildman–Crippen MR) is 81.1 cm³/mol. The van der Waals surface area contributed by atoms with Crippen molar-refractivity contribution in [3.05, 3.63) is 72.4 Å². The Labute approximate surface area is 118 Å². The van der Waals surface area contributed by atoms with Crippen molar-refractivity contribution >= 4 is 17.2 Å². The van der Waals surface area contributed by atoms with Gasteiger partial charge < -0.3 is 10.1 Å². The first-order valence-electron chi connectivity index (χ1n) is 6.55. The molecule has 0 spiro atoms. The summed E-state index contributed by atoms with van der Waals surface area (Å²) < 4.78 is 5.10. The van der Waals surface area contributed by atoms with Gasteiger partial charge in [-0.25, -0.2) is 4.79 Å². The number of hydrogen-bond acceptors (Lipinski definition) is 3. The summed E-state index contributed by atoms with van der Waals surface area (Å²) in [5, 5.41) is 3.12. The molecule has 0 saturated heterocycles. The van der Waals surface area contributed by atoms with E-state index in [9.17, 15) is 4.79 Å². The molecule has 2 aromatic rings. The van der Waals surface area contributed by atoms with E-state index in [-0.39, 0.29) is 5.97 Å². The molecule has 0 aliphatic heterocycles. The Morgan fingerprint density at radius 1 is 1.05 bits per heavy atom. The van der Waals surface area contributed by atoms with E-state index < -0.39 is 0 Å². The lowest BCUT2D eigenvalue weighted by Crippen LogP contribution is -2.08. The zero-order valence-electron chi connectivity index (χ0n) is 11.4. The topological polar surface area (TPSA) is 38.3 Å². The number of benzene rings is 2. The monoisotopic (exact) mass is 267 g/mol. The second-order valence-electron chi connectivity index (χ2n) is 4.15. The molecule has 0 aliphatic rings. The van der Waals surface area contributed by atoms with Gasteiger partial charge in [0.05, 0.1) is 12.2 Å². The van der Waals surface area contributed by atoms with Crippen LogP contribution in [0.2, 0.25) is 0 Å². The molecule has 0 aromatic heterocycles. The minimum atomic E-state index is -0.331. The van der Waals surface area contributed by atoms with Gasteiger partial charge in [-0.1, -0.05) is 48.5 Å². The van der Waals surface area contributed by atoms with Crippen molar-refractivity contribution in [1.29, 1.82) is 0 Å². The van der Waals surface area contributed by atoms with Crippen LogP contribution in [0.25, 0.3) is 5.57 Å². The average Bonchev–Trinajstić information content (AvgIpc) is 2.50. The molecule has 0 heterocycles. The Hall–Kier alpha value is -2.55. The summed E-state index contributed by atoms with van der Waals surface area (Å²) in [5.41, 5.74) is 2.26. The first-order valence-corrected chi connectivity index (χ1v) is 6.55. The summed E-state index contributed by atoms with van der Waals surface area (Å²) in [6.45, 7) is 2.15. The van der Waals surface area contributed by atoms with Crippen LogP contribution < -0.4 is 5.32 Å². The molecule has 0 bridgehead atoms. The number of carbonyl (C=O) groups excluding carboxylic acids is 1. The van der Waals surface area contributed by atoms with E-state index in [1.54, 1.807) is 13.1 Å². The summed E-state index contributed by atoms with van der Waals surface area (Å²) in [6.07, 6.45) is 1.68. The van der Waals surface area contributed by atoms with Gasteiger partial charge in [0.1, 0.15) is 0 Å². The number of nitrogens with one attached hydrogen (secondary N) is 1. The highest BCUT2D eigenvalue weighted by atomic mass is 16.5. The molecule has 0 amide bonds. The minimum absolute atomic E-state index is 0.331. The second-order valence-corrected chi connectivity index (χ2v) is 4.15. The van der Waals surface area contributed by atoms with E-state index in [1.165, 1.54) is 0 Å². The molecule has 2 aromatic carbocycles. The highest BCUT2D eigenvalue weighted by molar-refractivity contribution is 6.16. The van der Waals surface area contributed by atoms with Crippen molar-refractivity contribution < 1.29 is 9.53 Å². The molecule has 0 saturated carbocycles. The van der Waals surface area contributed by atoms with Crippen LogP contribution in [0.5, 0.6) is 0 Å². The van der Waals surface area contributed by atoms with Crippen molar-refractivity contribution in [3.8, 4) is 0 Å². The summed E-state index contributed by atoms with van der Waals surface area (Å²) in [7, 11) is 0. The molecule has 0 radical (unpaired) electrons. The number of anilines is 1. The molecular weight excluding hydrogens is 250 g/mol. The summed E-state index contributed by atoms with van der Waals surface area (Å²) in [4.78, 5) is 12.0. The summed E-state index contributed by atoms with van der Waals surface area (Å²) >= 11 is 0. The molecule has 2 rings (SSSR count). The van der Waals surface area contributed by atoms with Gasteiger partial charge in [-0.2, -0.15) is 0 Å². The van der Waals surface area contributed by atoms with Crippen LogP contribution in [0.1, 0.15) is 12.5 Å². The third-order valence-corrected chi connectivity index (χ3v) is 2.74. The number of hydrogen-bond donors (Lipinski definition) is 1. The largest absolute Gasteiger partial charge is 0.462 e. The van der Waals surface area contributed by atoms with Crippen LogP contribution in [-0.2, 0) is 9.53 Å². The Balaban J connectivity index is 2.25. The van der Waals surface area contributed by atoms with Gasteiger partial charge in [0.25, 0.3) is 0 Å². The zero-order valence-corrected chi connectivity index (χ0v) is 11.4. The van der Waals surface area contributed by atoms with Crippen LogP contribution in [-0.4, -0.2) is 12.6 Å². The number of ether oxygens (including phenoxy) is 1. The molecule has 1 N–H and O–H groups in total. The third kappa shape index (κ3) is 3.72. The van der Waals surface area contributed by atoms with Gasteiger partial charge in [0.2, 0.25) is 0 Å². The highest BCUT2D eigenvalue weighted by Crippen LogP contribution is 2.17. The maximum atomic E-state index is 12.0. The van der Waals surface area contributed by atoms with Gasteiger partial charge >= 0.3 is 5.97 Å². The smallest absolute Gasteiger partial charge is 0.340 e. The van der Waals surface area contributed by atoms with Gasteiger partial charge in [-0.05, 0) is 24.6 Å². The van der Waals surface area contributed by atoms with Crippen LogP contribution >= 0.6 is 0 Å². The Bertz CT molecular complexity index is 576. The number of esters is 1. The molecule has 20 heavy (non-hydrogen) atoms. The normalized spacial score (nSPS) is 10.9. The standard InChI is InChI=1S/C17H17NO2/c1-2-20-17(19)16(14-9-5-3-6-10-14)13-18-15-11-7-4-8-12-15/h3-13,18H,2H2,1H3/b16-13-. The third-order valence-electron chi connectivity index (χ3n) is 2.74. The van der Waals surface area contributed by atoms with Crippen LogP contribution in [0.15, 0.2) is 66.9 Å². The maximum absolute atomic E-state index is 12.0. The summed E-state index contributed by atoms with van der Waals surface area (Å²) in [5.74, 6) is -0.331. The van der Waals surface area contributed by atoms with Gasteiger partial charge in [-0.3, -0.25) is 0 Å². The van der Waals surface area contributed by atoms with E-state index in [0.29, 0.717) is 12.2 Å². The fourth-order valence-electron chi connectivity index (χ4n) is 1.78. The average molecular weight is 267 g/mol. The fraction of sp³-hybridized carbons (Fsp3) is 0.118. The zero-order chi connectivity index (χ0) is 14.2. The van der Waals surface area contributed by atoms with Crippen LogP contribution in [0, 0.1) is 0 Å². The van der Waals surface area contributed by atoms with Crippen molar-refractivity contribution in [3.63, 3.8) is 0 Å². The lowest BCUT2D eigenvalue weighted by atomic mass is 10.1. The van der Waals surface area contributed by atoms with E-state index in [2.05, 4.69) is 5.32 Å². The van der Waals surface area contributed by atoms with Gasteiger partial charge in [0, 0.05) is 11.9 Å². The van der Waals surface area contributed by atoms with E-state index in [0.717, 1.165) is 11.3 Å². The fourth-order valence-corrected chi connectivity index (χ4v) is 1.78. The van der Waals surface area contributed by atoms with Gasteiger partial charge in [0.15, 0.2) is 0 Å². The lowest BCUT2D eigenvalue weighted by molar-refractivity contribution is -0.136. The number of para-hydroxylation sites is 1. The van der Waals surface area contributed by atoms with E-state index in [1.807, 2.05) is 60.7 Å². The molecule has 0 unspecified atom stereocenters. The molecule has 0 fully saturated rings. The van der Waals surface area contributed by atoms with Crippen LogP contribution in [0.3, 0.4) is 0 Å². The molecular formula is C17H17NO2. The summed E-state index contributed by atoms with van der Waals surface area (Å²) in [6, 6.07) is 19.1. The Kier molecular flexibility index (Phi) is 4.95. The predicted octanol–water partition coefficient (Wildman–Crippen LogP) is 3.70. The molecule has 3 heteroatoms. The quantitative estimate of drug-likeness (QED) is 0.663. The van der Waals surface area contributed by atoms with Crippen LogP contribution in [0.4, 0.5) is 5.69 Å².